The van der Waals surface area contributed by atoms with E-state index in [1.807, 2.05) is 32.0 Å². The summed E-state index contributed by atoms with van der Waals surface area (Å²) in [5.41, 5.74) is 1.15. The fourth-order valence-electron chi connectivity index (χ4n) is 2.73. The van der Waals surface area contributed by atoms with Crippen molar-refractivity contribution >= 4 is 28.4 Å². The quantitative estimate of drug-likeness (QED) is 0.494. The van der Waals surface area contributed by atoms with Crippen LogP contribution in [0.1, 0.15) is 31.7 Å². The Morgan fingerprint density at radius 1 is 1.23 bits per heavy atom. The van der Waals surface area contributed by atoms with E-state index >= 15 is 0 Å². The van der Waals surface area contributed by atoms with Crippen LogP contribution in [0.5, 0.6) is 0 Å². The number of nitrogen functional groups attached to an aromatic ring is 1. The molecule has 6 nitrogen and oxygen atoms in total. The lowest BCUT2D eigenvalue weighted by Gasteiger charge is -2.11. The van der Waals surface area contributed by atoms with E-state index < -0.39 is 0 Å². The second-order valence-corrected chi connectivity index (χ2v) is 7.44. The van der Waals surface area contributed by atoms with Gasteiger partial charge in [-0.3, -0.25) is 4.79 Å². The maximum absolute atomic E-state index is 12.0. The first kappa shape index (κ1) is 18.3. The van der Waals surface area contributed by atoms with Crippen LogP contribution < -0.4 is 11.2 Å². The second-order valence-electron chi connectivity index (χ2n) is 6.13. The molecule has 0 aliphatic heterocycles. The van der Waals surface area contributed by atoms with Gasteiger partial charge in [0.1, 0.15) is 0 Å². The molecule has 2 aromatic carbocycles. The van der Waals surface area contributed by atoms with Gasteiger partial charge >= 0.3 is 0 Å². The normalized spacial score (nSPS) is 12.2. The summed E-state index contributed by atoms with van der Waals surface area (Å²) in [6.45, 7) is 4.54. The molecule has 136 valence electrons. The number of carbonyl (C=O) groups is 1. The Hall–Kier alpha value is -2.54. The predicted molar refractivity (Wildman–Crippen MR) is 106 cm³/mol. The van der Waals surface area contributed by atoms with Crippen molar-refractivity contribution in [3.05, 3.63) is 53.9 Å². The number of nitrogens with zero attached hydrogens (tertiary/aromatic N) is 3. The summed E-state index contributed by atoms with van der Waals surface area (Å²) in [5.74, 6) is 6.84. The number of hydrogen-bond acceptors (Lipinski definition) is 5. The highest BCUT2D eigenvalue weighted by Crippen LogP contribution is 2.24. The van der Waals surface area contributed by atoms with Gasteiger partial charge in [0.25, 0.3) is 0 Å². The van der Waals surface area contributed by atoms with Crippen molar-refractivity contribution in [3.63, 3.8) is 0 Å². The molecule has 0 radical (unpaired) electrons. The van der Waals surface area contributed by atoms with E-state index in [0.717, 1.165) is 12.0 Å². The molecule has 3 rings (SSSR count). The highest BCUT2D eigenvalue weighted by Gasteiger charge is 2.19. The standard InChI is InChI=1S/C19H23N5OS/c1-3-11-21-18(25)13(2)26-19-23-22-17(24(19)20)12-15-9-6-8-14-7-4-5-10-16(14)15/h4-10,13H,3,11-12,20H2,1-2H3,(H,21,25)/t13-/m0/s1. The molecule has 3 N–H and O–H groups in total. The Kier molecular flexibility index (Phi) is 5.78. The average Bonchev–Trinajstić information content (AvgIpc) is 2.99. The Balaban J connectivity index is 1.76. The van der Waals surface area contributed by atoms with Crippen LogP contribution in [0, 0.1) is 0 Å². The van der Waals surface area contributed by atoms with Gasteiger partial charge < -0.3 is 11.2 Å². The van der Waals surface area contributed by atoms with E-state index in [0.29, 0.717) is 23.9 Å². The molecule has 0 saturated heterocycles. The van der Waals surface area contributed by atoms with Gasteiger partial charge in [-0.1, -0.05) is 61.2 Å². The van der Waals surface area contributed by atoms with E-state index in [1.165, 1.54) is 27.2 Å². The zero-order chi connectivity index (χ0) is 18.5. The number of fused-ring (bicyclic) bond motifs is 1. The molecule has 7 heteroatoms. The van der Waals surface area contributed by atoms with E-state index in [1.54, 1.807) is 0 Å². The Bertz CT molecular complexity index is 903. The van der Waals surface area contributed by atoms with Crippen LogP contribution in [-0.2, 0) is 11.2 Å². The third-order valence-corrected chi connectivity index (χ3v) is 5.22. The van der Waals surface area contributed by atoms with Crippen molar-refractivity contribution < 1.29 is 4.79 Å². The molecular weight excluding hydrogens is 346 g/mol. The minimum absolute atomic E-state index is 0.0181. The summed E-state index contributed by atoms with van der Waals surface area (Å²) in [5, 5.41) is 13.9. The Morgan fingerprint density at radius 2 is 2.00 bits per heavy atom. The molecule has 0 saturated carbocycles. The Labute approximate surface area is 157 Å². The van der Waals surface area contributed by atoms with E-state index in [9.17, 15) is 4.79 Å². The van der Waals surface area contributed by atoms with Gasteiger partial charge in [-0.15, -0.1) is 10.2 Å². The number of aromatic nitrogens is 3. The third kappa shape index (κ3) is 3.99. The molecule has 1 aromatic heterocycles. The molecule has 0 bridgehead atoms. The van der Waals surface area contributed by atoms with Gasteiger partial charge in [0.05, 0.1) is 5.25 Å². The number of carbonyl (C=O) groups excluding carboxylic acids is 1. The number of amides is 1. The highest BCUT2D eigenvalue weighted by atomic mass is 32.2. The van der Waals surface area contributed by atoms with Crippen LogP contribution in [0.2, 0.25) is 0 Å². The van der Waals surface area contributed by atoms with Crippen molar-refractivity contribution in [1.82, 2.24) is 20.2 Å². The zero-order valence-electron chi connectivity index (χ0n) is 15.0. The van der Waals surface area contributed by atoms with Crippen LogP contribution in [0.4, 0.5) is 0 Å². The maximum Gasteiger partial charge on any atom is 0.233 e. The van der Waals surface area contributed by atoms with Crippen LogP contribution in [0.3, 0.4) is 0 Å². The summed E-state index contributed by atoms with van der Waals surface area (Å²) >= 11 is 1.32. The first-order chi connectivity index (χ1) is 12.6. The molecule has 0 aliphatic rings. The molecule has 0 aliphatic carbocycles. The number of benzene rings is 2. The zero-order valence-corrected chi connectivity index (χ0v) is 15.8. The van der Waals surface area contributed by atoms with Crippen LogP contribution in [0.15, 0.2) is 47.6 Å². The van der Waals surface area contributed by atoms with Crippen LogP contribution in [0.25, 0.3) is 10.8 Å². The topological polar surface area (TPSA) is 85.8 Å². The molecule has 0 spiro atoms. The van der Waals surface area contributed by atoms with Crippen molar-refractivity contribution in [2.75, 3.05) is 12.4 Å². The number of hydrogen-bond donors (Lipinski definition) is 2. The van der Waals surface area contributed by atoms with E-state index in [4.69, 9.17) is 5.84 Å². The molecule has 1 amide bonds. The van der Waals surface area contributed by atoms with Crippen LogP contribution >= 0.6 is 11.8 Å². The van der Waals surface area contributed by atoms with Crippen molar-refractivity contribution in [3.8, 4) is 0 Å². The van der Waals surface area contributed by atoms with Gasteiger partial charge in [-0.05, 0) is 29.7 Å². The number of nitrogens with two attached hydrogens (primary N) is 1. The molecule has 0 fully saturated rings. The van der Waals surface area contributed by atoms with Gasteiger partial charge in [-0.25, -0.2) is 4.68 Å². The van der Waals surface area contributed by atoms with Gasteiger partial charge in [-0.2, -0.15) is 0 Å². The minimum Gasteiger partial charge on any atom is -0.355 e. The maximum atomic E-state index is 12.0. The highest BCUT2D eigenvalue weighted by molar-refractivity contribution is 8.00. The molecule has 0 unspecified atom stereocenters. The van der Waals surface area contributed by atoms with Crippen molar-refractivity contribution in [1.29, 1.82) is 0 Å². The van der Waals surface area contributed by atoms with Gasteiger partial charge in [0, 0.05) is 13.0 Å². The van der Waals surface area contributed by atoms with Crippen molar-refractivity contribution in [2.45, 2.75) is 37.1 Å². The lowest BCUT2D eigenvalue weighted by atomic mass is 10.0. The number of thioether (sulfide) groups is 1. The molecular formula is C19H23N5OS. The first-order valence-electron chi connectivity index (χ1n) is 8.70. The third-order valence-electron chi connectivity index (χ3n) is 4.16. The van der Waals surface area contributed by atoms with E-state index in [-0.39, 0.29) is 11.2 Å². The molecule has 26 heavy (non-hydrogen) atoms. The fourth-order valence-corrected chi connectivity index (χ4v) is 3.54. The predicted octanol–water partition coefficient (Wildman–Crippen LogP) is 2.74. The lowest BCUT2D eigenvalue weighted by molar-refractivity contribution is -0.120. The van der Waals surface area contributed by atoms with Crippen molar-refractivity contribution in [2.24, 2.45) is 0 Å². The lowest BCUT2D eigenvalue weighted by Crippen LogP contribution is -2.31. The SMILES string of the molecule is CCCNC(=O)[C@H](C)Sc1nnc(Cc2cccc3ccccc23)n1N. The second kappa shape index (κ2) is 8.23. The summed E-state index contributed by atoms with van der Waals surface area (Å²) in [6.07, 6.45) is 1.49. The van der Waals surface area contributed by atoms with Gasteiger partial charge in [0.15, 0.2) is 5.82 Å². The first-order valence-corrected chi connectivity index (χ1v) is 9.58. The summed E-state index contributed by atoms with van der Waals surface area (Å²) in [7, 11) is 0. The molecule has 1 atom stereocenters. The number of nitrogens with one attached hydrogen (secondary N) is 1. The monoisotopic (exact) mass is 369 g/mol. The summed E-state index contributed by atoms with van der Waals surface area (Å²) in [4.78, 5) is 12.0. The Morgan fingerprint density at radius 3 is 2.81 bits per heavy atom. The number of rotatable bonds is 7. The minimum atomic E-state index is -0.279. The molecule has 3 aromatic rings. The van der Waals surface area contributed by atoms with Gasteiger partial charge in [0.2, 0.25) is 11.1 Å². The largest absolute Gasteiger partial charge is 0.355 e. The summed E-state index contributed by atoms with van der Waals surface area (Å²) in [6, 6.07) is 14.4. The fraction of sp³-hybridized carbons (Fsp3) is 0.316. The van der Waals surface area contributed by atoms with E-state index in [2.05, 4.69) is 39.8 Å². The molecule has 1 heterocycles. The average molecular weight is 369 g/mol. The van der Waals surface area contributed by atoms with Crippen LogP contribution in [-0.4, -0.2) is 32.6 Å². The summed E-state index contributed by atoms with van der Waals surface area (Å²) < 4.78 is 1.48. The smallest absolute Gasteiger partial charge is 0.233 e.